The second-order valence-corrected chi connectivity index (χ2v) is 6.09. The lowest BCUT2D eigenvalue weighted by Crippen LogP contribution is -2.49. The minimum atomic E-state index is -4.75. The number of hydrogen-bond acceptors (Lipinski definition) is 2. The van der Waals surface area contributed by atoms with E-state index in [1.54, 1.807) is 0 Å². The van der Waals surface area contributed by atoms with Crippen molar-refractivity contribution < 1.29 is 18.0 Å². The Balaban J connectivity index is 1.45. The van der Waals surface area contributed by atoms with Gasteiger partial charge in [0.25, 0.3) is 0 Å². The Morgan fingerprint density at radius 1 is 1.14 bits per heavy atom. The molecule has 120 valence electrons. The Labute approximate surface area is 127 Å². The largest absolute Gasteiger partial charge is 0.471 e. The highest BCUT2D eigenvalue weighted by atomic mass is 19.4. The topological polar surface area (TPSA) is 32.3 Å². The van der Waals surface area contributed by atoms with Gasteiger partial charge in [0.05, 0.1) is 0 Å². The maximum Gasteiger partial charge on any atom is 0.471 e. The number of hydrogen-bond donors (Lipinski definition) is 1. The molecule has 1 aromatic rings. The van der Waals surface area contributed by atoms with Crippen LogP contribution >= 0.6 is 0 Å². The van der Waals surface area contributed by atoms with E-state index in [0.29, 0.717) is 24.8 Å². The maximum absolute atomic E-state index is 12.4. The molecule has 1 amide bonds. The summed E-state index contributed by atoms with van der Waals surface area (Å²) in [6.07, 6.45) is -2.51. The molecule has 1 N–H and O–H groups in total. The molecule has 2 unspecified atom stereocenters. The smallest absolute Gasteiger partial charge is 0.335 e. The Morgan fingerprint density at radius 3 is 2.36 bits per heavy atom. The summed E-state index contributed by atoms with van der Waals surface area (Å²) in [6, 6.07) is 10.9. The molecule has 22 heavy (non-hydrogen) atoms. The molecule has 0 aromatic heterocycles. The molecule has 0 spiro atoms. The lowest BCUT2D eigenvalue weighted by molar-refractivity contribution is -0.186. The highest BCUT2D eigenvalue weighted by Gasteiger charge is 2.44. The molecular weight excluding hydrogens is 293 g/mol. The van der Waals surface area contributed by atoms with Gasteiger partial charge in [-0.05, 0) is 24.8 Å². The lowest BCUT2D eigenvalue weighted by Gasteiger charge is -2.33. The summed E-state index contributed by atoms with van der Waals surface area (Å²) in [5.41, 5.74) is 1.31. The van der Waals surface area contributed by atoms with E-state index in [0.717, 1.165) is 11.3 Å². The number of carbonyl (C=O) groups excluding carboxylic acids is 1. The lowest BCUT2D eigenvalue weighted by atomic mass is 10.0. The van der Waals surface area contributed by atoms with Gasteiger partial charge < -0.3 is 10.2 Å². The Hall–Kier alpha value is -1.56. The summed E-state index contributed by atoms with van der Waals surface area (Å²) in [5, 5.41) is 3.52. The average molecular weight is 312 g/mol. The van der Waals surface area contributed by atoms with Gasteiger partial charge in [-0.2, -0.15) is 13.2 Å². The Kier molecular flexibility index (Phi) is 4.12. The van der Waals surface area contributed by atoms with Crippen molar-refractivity contribution in [1.82, 2.24) is 10.2 Å². The summed E-state index contributed by atoms with van der Waals surface area (Å²) >= 11 is 0. The predicted molar refractivity (Wildman–Crippen MR) is 76.4 cm³/mol. The number of nitrogens with one attached hydrogen (secondary N) is 1. The van der Waals surface area contributed by atoms with Crippen LogP contribution in [-0.4, -0.2) is 42.2 Å². The fourth-order valence-electron chi connectivity index (χ4n) is 3.18. The van der Waals surface area contributed by atoms with Crippen molar-refractivity contribution in [1.29, 1.82) is 0 Å². The van der Waals surface area contributed by atoms with Crippen molar-refractivity contribution in [3.8, 4) is 0 Å². The molecule has 1 aliphatic heterocycles. The molecule has 0 bridgehead atoms. The third kappa shape index (κ3) is 3.43. The number of nitrogens with zero attached hydrogens (tertiary/aromatic N) is 1. The van der Waals surface area contributed by atoms with Crippen LogP contribution in [0.5, 0.6) is 0 Å². The van der Waals surface area contributed by atoms with Gasteiger partial charge in [0.15, 0.2) is 0 Å². The van der Waals surface area contributed by atoms with E-state index in [2.05, 4.69) is 17.4 Å². The van der Waals surface area contributed by atoms with Crippen LogP contribution in [0.2, 0.25) is 0 Å². The van der Waals surface area contributed by atoms with Gasteiger partial charge in [-0.15, -0.1) is 0 Å². The van der Waals surface area contributed by atoms with Gasteiger partial charge in [0.1, 0.15) is 0 Å². The van der Waals surface area contributed by atoms with Crippen LogP contribution < -0.4 is 5.32 Å². The van der Waals surface area contributed by atoms with Gasteiger partial charge in [-0.3, -0.25) is 4.79 Å². The average Bonchev–Trinajstić information content (AvgIpc) is 3.26. The minimum absolute atomic E-state index is 0.179. The van der Waals surface area contributed by atoms with Crippen LogP contribution in [0.25, 0.3) is 0 Å². The molecule has 0 radical (unpaired) electrons. The SMILES string of the molecule is O=C(N1CCC(NC2CC2c2ccccc2)CC1)C(F)(F)F. The van der Waals surface area contributed by atoms with E-state index >= 15 is 0 Å². The number of amides is 1. The van der Waals surface area contributed by atoms with Gasteiger partial charge in [0, 0.05) is 31.1 Å². The van der Waals surface area contributed by atoms with Gasteiger partial charge in [-0.1, -0.05) is 30.3 Å². The monoisotopic (exact) mass is 312 g/mol. The quantitative estimate of drug-likeness (QED) is 0.931. The zero-order valence-corrected chi connectivity index (χ0v) is 12.1. The molecule has 1 heterocycles. The molecule has 3 rings (SSSR count). The van der Waals surface area contributed by atoms with Crippen LogP contribution in [0.1, 0.15) is 30.7 Å². The van der Waals surface area contributed by atoms with Crippen molar-refractivity contribution in [2.75, 3.05) is 13.1 Å². The number of likely N-dealkylation sites (tertiary alicyclic amines) is 1. The van der Waals surface area contributed by atoms with E-state index < -0.39 is 12.1 Å². The molecule has 2 aliphatic rings. The first-order valence-corrected chi connectivity index (χ1v) is 7.62. The second kappa shape index (κ2) is 5.91. The van der Waals surface area contributed by atoms with Crippen LogP contribution in [0.15, 0.2) is 30.3 Å². The van der Waals surface area contributed by atoms with E-state index in [9.17, 15) is 18.0 Å². The van der Waals surface area contributed by atoms with E-state index in [1.807, 2.05) is 18.2 Å². The molecule has 1 aliphatic carbocycles. The first kappa shape index (κ1) is 15.3. The molecular formula is C16H19F3N2O. The highest BCUT2D eigenvalue weighted by molar-refractivity contribution is 5.81. The molecule has 1 saturated carbocycles. The summed E-state index contributed by atoms with van der Waals surface area (Å²) < 4.78 is 37.1. The number of halogens is 3. The van der Waals surface area contributed by atoms with E-state index in [4.69, 9.17) is 0 Å². The molecule has 1 aromatic carbocycles. The molecule has 2 fully saturated rings. The first-order chi connectivity index (χ1) is 10.4. The normalized spacial score (nSPS) is 26.0. The molecule has 2 atom stereocenters. The van der Waals surface area contributed by atoms with Gasteiger partial charge in [0.2, 0.25) is 0 Å². The number of benzene rings is 1. The molecule has 6 heteroatoms. The van der Waals surface area contributed by atoms with Crippen molar-refractivity contribution in [2.24, 2.45) is 0 Å². The number of carbonyl (C=O) groups is 1. The van der Waals surface area contributed by atoms with Crippen LogP contribution in [0, 0.1) is 0 Å². The van der Waals surface area contributed by atoms with E-state index in [-0.39, 0.29) is 19.1 Å². The predicted octanol–water partition coefficient (Wildman–Crippen LogP) is 2.69. The summed E-state index contributed by atoms with van der Waals surface area (Å²) in [5.74, 6) is -1.20. The van der Waals surface area contributed by atoms with Crippen molar-refractivity contribution in [3.05, 3.63) is 35.9 Å². The fourth-order valence-corrected chi connectivity index (χ4v) is 3.18. The standard InChI is InChI=1S/C16H19F3N2O/c17-16(18,19)15(22)21-8-6-12(7-9-21)20-14-10-13(14)11-4-2-1-3-5-11/h1-5,12-14,20H,6-10H2. The van der Waals surface area contributed by atoms with E-state index in [1.165, 1.54) is 5.56 Å². The summed E-state index contributed by atoms with van der Waals surface area (Å²) in [4.78, 5) is 12.1. The number of rotatable bonds is 3. The first-order valence-electron chi connectivity index (χ1n) is 7.62. The summed E-state index contributed by atoms with van der Waals surface area (Å²) in [7, 11) is 0. The van der Waals surface area contributed by atoms with Crippen molar-refractivity contribution in [2.45, 2.75) is 43.4 Å². The summed E-state index contributed by atoms with van der Waals surface area (Å²) in [6.45, 7) is 0.359. The van der Waals surface area contributed by atoms with Crippen molar-refractivity contribution in [3.63, 3.8) is 0 Å². The zero-order chi connectivity index (χ0) is 15.7. The zero-order valence-electron chi connectivity index (χ0n) is 12.1. The minimum Gasteiger partial charge on any atom is -0.335 e. The Bertz CT molecular complexity index is 524. The highest BCUT2D eigenvalue weighted by Crippen LogP contribution is 2.41. The van der Waals surface area contributed by atoms with Gasteiger partial charge >= 0.3 is 12.1 Å². The van der Waals surface area contributed by atoms with Gasteiger partial charge in [-0.25, -0.2) is 0 Å². The van der Waals surface area contributed by atoms with Crippen molar-refractivity contribution >= 4 is 5.91 Å². The number of alkyl halides is 3. The molecule has 1 saturated heterocycles. The third-order valence-corrected chi connectivity index (χ3v) is 4.49. The fraction of sp³-hybridized carbons (Fsp3) is 0.562. The molecule has 3 nitrogen and oxygen atoms in total. The van der Waals surface area contributed by atoms with Crippen LogP contribution in [0.3, 0.4) is 0 Å². The van der Waals surface area contributed by atoms with Crippen LogP contribution in [-0.2, 0) is 4.79 Å². The second-order valence-electron chi connectivity index (χ2n) is 6.09. The maximum atomic E-state index is 12.4. The Morgan fingerprint density at radius 2 is 1.77 bits per heavy atom. The third-order valence-electron chi connectivity index (χ3n) is 4.49. The number of piperidine rings is 1. The van der Waals surface area contributed by atoms with Crippen LogP contribution in [0.4, 0.5) is 13.2 Å².